The molecule has 5 heteroatoms. The monoisotopic (exact) mass is 200 g/mol. The molecule has 0 aromatic carbocycles. The van der Waals surface area contributed by atoms with Crippen molar-refractivity contribution < 1.29 is 14.7 Å². The second kappa shape index (κ2) is 4.41. The smallest absolute Gasteiger partial charge is 0.306 e. The summed E-state index contributed by atoms with van der Waals surface area (Å²) in [7, 11) is 0. The van der Waals surface area contributed by atoms with Gasteiger partial charge in [-0.1, -0.05) is 0 Å². The van der Waals surface area contributed by atoms with Crippen LogP contribution in [0.25, 0.3) is 0 Å². The number of aliphatic carboxylic acids is 1. The predicted molar refractivity (Wildman–Crippen MR) is 50.5 cm³/mol. The zero-order valence-corrected chi connectivity index (χ0v) is 8.19. The molecule has 1 saturated carbocycles. The molecule has 1 amide bonds. The van der Waals surface area contributed by atoms with Gasteiger partial charge in [-0.3, -0.25) is 9.59 Å². The number of carbonyl (C=O) groups is 2. The van der Waals surface area contributed by atoms with Crippen LogP contribution >= 0.6 is 0 Å². The van der Waals surface area contributed by atoms with Crippen molar-refractivity contribution in [2.24, 2.45) is 17.6 Å². The van der Waals surface area contributed by atoms with Gasteiger partial charge in [0.05, 0.1) is 5.92 Å². The molecule has 0 aromatic heterocycles. The van der Waals surface area contributed by atoms with Crippen LogP contribution in [0.2, 0.25) is 0 Å². The highest BCUT2D eigenvalue weighted by molar-refractivity contribution is 5.73. The molecule has 5 nitrogen and oxygen atoms in total. The van der Waals surface area contributed by atoms with Gasteiger partial charge >= 0.3 is 5.97 Å². The van der Waals surface area contributed by atoms with E-state index < -0.39 is 5.97 Å². The second-order valence-electron chi connectivity index (χ2n) is 3.87. The largest absolute Gasteiger partial charge is 0.481 e. The Morgan fingerprint density at radius 2 is 2.14 bits per heavy atom. The third-order valence-electron chi connectivity index (χ3n) is 2.71. The SMILES string of the molecule is CC(=O)NC[C@H]1C[C@@H](C(=O)O)C[C@@H]1N. The fourth-order valence-corrected chi connectivity index (χ4v) is 1.87. The summed E-state index contributed by atoms with van der Waals surface area (Å²) < 4.78 is 0. The summed E-state index contributed by atoms with van der Waals surface area (Å²) in [4.78, 5) is 21.3. The first kappa shape index (κ1) is 11.0. The maximum absolute atomic E-state index is 10.7. The van der Waals surface area contributed by atoms with Crippen LogP contribution in [0.4, 0.5) is 0 Å². The van der Waals surface area contributed by atoms with Gasteiger partial charge in [-0.2, -0.15) is 0 Å². The van der Waals surface area contributed by atoms with Crippen LogP contribution in [0.5, 0.6) is 0 Å². The molecule has 0 unspecified atom stereocenters. The average molecular weight is 200 g/mol. The van der Waals surface area contributed by atoms with E-state index in [0.29, 0.717) is 19.4 Å². The first-order valence-corrected chi connectivity index (χ1v) is 4.73. The van der Waals surface area contributed by atoms with E-state index in [1.54, 1.807) is 0 Å². The highest BCUT2D eigenvalue weighted by Gasteiger charge is 2.35. The summed E-state index contributed by atoms with van der Waals surface area (Å²) in [5, 5.41) is 11.4. The average Bonchev–Trinajstić information content (AvgIpc) is 2.43. The third-order valence-corrected chi connectivity index (χ3v) is 2.71. The molecule has 1 fully saturated rings. The number of nitrogens with one attached hydrogen (secondary N) is 1. The second-order valence-corrected chi connectivity index (χ2v) is 3.87. The number of hydrogen-bond donors (Lipinski definition) is 3. The van der Waals surface area contributed by atoms with Crippen molar-refractivity contribution in [3.8, 4) is 0 Å². The van der Waals surface area contributed by atoms with Crippen molar-refractivity contribution in [2.45, 2.75) is 25.8 Å². The molecule has 0 bridgehead atoms. The van der Waals surface area contributed by atoms with Crippen molar-refractivity contribution in [2.75, 3.05) is 6.54 Å². The van der Waals surface area contributed by atoms with Crippen molar-refractivity contribution in [1.29, 1.82) is 0 Å². The normalized spacial score (nSPS) is 31.4. The fourth-order valence-electron chi connectivity index (χ4n) is 1.87. The number of carboxylic acids is 1. The lowest BCUT2D eigenvalue weighted by atomic mass is 10.0. The first-order valence-electron chi connectivity index (χ1n) is 4.73. The summed E-state index contributed by atoms with van der Waals surface area (Å²) >= 11 is 0. The van der Waals surface area contributed by atoms with Gasteiger partial charge in [-0.05, 0) is 18.8 Å². The standard InChI is InChI=1S/C9H16N2O3/c1-5(12)11-4-7-2-6(9(13)14)3-8(7)10/h6-8H,2-4,10H2,1H3,(H,11,12)(H,13,14)/t6-,7-,8+/m1/s1. The lowest BCUT2D eigenvalue weighted by Crippen LogP contribution is -2.34. The Balaban J connectivity index is 2.40. The summed E-state index contributed by atoms with van der Waals surface area (Å²) in [6, 6.07) is -0.108. The first-order chi connectivity index (χ1) is 6.50. The Bertz CT molecular complexity index is 242. The minimum atomic E-state index is -0.786. The molecule has 4 N–H and O–H groups in total. The number of nitrogens with two attached hydrogens (primary N) is 1. The van der Waals surface area contributed by atoms with Crippen molar-refractivity contribution in [3.05, 3.63) is 0 Å². The van der Waals surface area contributed by atoms with Gasteiger partial charge in [0.1, 0.15) is 0 Å². The highest BCUT2D eigenvalue weighted by atomic mass is 16.4. The van der Waals surface area contributed by atoms with Crippen molar-refractivity contribution in [1.82, 2.24) is 5.32 Å². The molecule has 0 radical (unpaired) electrons. The van der Waals surface area contributed by atoms with Gasteiger partial charge in [-0.25, -0.2) is 0 Å². The van der Waals surface area contributed by atoms with E-state index in [-0.39, 0.29) is 23.8 Å². The lowest BCUT2D eigenvalue weighted by Gasteiger charge is -2.14. The van der Waals surface area contributed by atoms with Gasteiger partial charge in [0.2, 0.25) is 5.91 Å². The Hall–Kier alpha value is -1.10. The van der Waals surface area contributed by atoms with Crippen LogP contribution in [0.3, 0.4) is 0 Å². The third kappa shape index (κ3) is 2.70. The van der Waals surface area contributed by atoms with Crippen molar-refractivity contribution >= 4 is 11.9 Å². The molecule has 14 heavy (non-hydrogen) atoms. The quantitative estimate of drug-likeness (QED) is 0.576. The predicted octanol–water partition coefficient (Wildman–Crippen LogP) is -0.439. The fraction of sp³-hybridized carbons (Fsp3) is 0.778. The lowest BCUT2D eigenvalue weighted by molar-refractivity contribution is -0.141. The van der Waals surface area contributed by atoms with Crippen LogP contribution in [0, 0.1) is 11.8 Å². The minimum Gasteiger partial charge on any atom is -0.481 e. The molecule has 80 valence electrons. The molecule has 0 spiro atoms. The maximum Gasteiger partial charge on any atom is 0.306 e. The summed E-state index contributed by atoms with van der Waals surface area (Å²) in [5.74, 6) is -1.13. The number of carbonyl (C=O) groups excluding carboxylic acids is 1. The number of hydrogen-bond acceptors (Lipinski definition) is 3. The van der Waals surface area contributed by atoms with Crippen LogP contribution < -0.4 is 11.1 Å². The molecule has 0 saturated heterocycles. The van der Waals surface area contributed by atoms with Crippen LogP contribution in [0.15, 0.2) is 0 Å². The van der Waals surface area contributed by atoms with Crippen LogP contribution in [-0.2, 0) is 9.59 Å². The number of rotatable bonds is 3. The van der Waals surface area contributed by atoms with E-state index in [1.807, 2.05) is 0 Å². The maximum atomic E-state index is 10.7. The van der Waals surface area contributed by atoms with E-state index in [2.05, 4.69) is 5.32 Å². The summed E-state index contributed by atoms with van der Waals surface area (Å²) in [5.41, 5.74) is 5.78. The van der Waals surface area contributed by atoms with Gasteiger partial charge in [0.25, 0.3) is 0 Å². The number of carboxylic acid groups (broad SMARTS) is 1. The van der Waals surface area contributed by atoms with Gasteiger partial charge < -0.3 is 16.2 Å². The van der Waals surface area contributed by atoms with E-state index in [9.17, 15) is 9.59 Å². The van der Waals surface area contributed by atoms with E-state index in [4.69, 9.17) is 10.8 Å². The van der Waals surface area contributed by atoms with Crippen LogP contribution in [0.1, 0.15) is 19.8 Å². The Morgan fingerprint density at radius 1 is 1.50 bits per heavy atom. The van der Waals surface area contributed by atoms with Gasteiger partial charge in [0, 0.05) is 19.5 Å². The topological polar surface area (TPSA) is 92.4 Å². The molecule has 1 aliphatic rings. The molecule has 0 heterocycles. The van der Waals surface area contributed by atoms with E-state index in [0.717, 1.165) is 0 Å². The highest BCUT2D eigenvalue weighted by Crippen LogP contribution is 2.29. The zero-order chi connectivity index (χ0) is 10.7. The zero-order valence-electron chi connectivity index (χ0n) is 8.19. The molecule has 1 aliphatic carbocycles. The van der Waals surface area contributed by atoms with Gasteiger partial charge in [-0.15, -0.1) is 0 Å². The van der Waals surface area contributed by atoms with Crippen molar-refractivity contribution in [3.63, 3.8) is 0 Å². The van der Waals surface area contributed by atoms with E-state index in [1.165, 1.54) is 6.92 Å². The molecule has 0 aromatic rings. The molecular formula is C9H16N2O3. The Kier molecular flexibility index (Phi) is 3.46. The summed E-state index contributed by atoms with van der Waals surface area (Å²) in [6.45, 7) is 1.93. The molecule has 1 rings (SSSR count). The summed E-state index contributed by atoms with van der Waals surface area (Å²) in [6.07, 6.45) is 1.08. The van der Waals surface area contributed by atoms with Gasteiger partial charge in [0.15, 0.2) is 0 Å². The Morgan fingerprint density at radius 3 is 2.57 bits per heavy atom. The molecule has 3 atom stereocenters. The Labute approximate surface area is 82.7 Å². The molecular weight excluding hydrogens is 184 g/mol. The molecule has 0 aliphatic heterocycles. The van der Waals surface area contributed by atoms with Crippen LogP contribution in [-0.4, -0.2) is 29.6 Å². The number of amides is 1. The minimum absolute atomic E-state index is 0.0972. The van der Waals surface area contributed by atoms with E-state index >= 15 is 0 Å².